The summed E-state index contributed by atoms with van der Waals surface area (Å²) in [7, 11) is 0. The fraction of sp³-hybridized carbons (Fsp3) is 0.514. The third kappa shape index (κ3) is 11.2. The zero-order valence-electron chi connectivity index (χ0n) is 28.3. The van der Waals surface area contributed by atoms with Gasteiger partial charge in [-0.25, -0.2) is 0 Å². The van der Waals surface area contributed by atoms with Crippen LogP contribution >= 0.6 is 0 Å². The predicted octanol–water partition coefficient (Wildman–Crippen LogP) is 2.27. The second-order valence-electron chi connectivity index (χ2n) is 12.8. The largest absolute Gasteiger partial charge is 0.507 e. The molecule has 1 saturated heterocycles. The Labute approximate surface area is 284 Å². The molecular weight excluding hydrogens is 614 g/mol. The van der Waals surface area contributed by atoms with Crippen LogP contribution in [0.5, 0.6) is 11.5 Å². The van der Waals surface area contributed by atoms with E-state index in [1.807, 2.05) is 44.2 Å². The number of aliphatic hydroxyl groups is 4. The van der Waals surface area contributed by atoms with Crippen molar-refractivity contribution in [2.45, 2.75) is 58.9 Å². The van der Waals surface area contributed by atoms with E-state index in [2.05, 4.69) is 39.0 Å². The van der Waals surface area contributed by atoms with Crippen molar-refractivity contribution < 1.29 is 40.1 Å². The molecule has 0 unspecified atom stereocenters. The molecule has 11 heteroatoms. The number of aliphatic hydroxyl groups excluding tert-OH is 4. The quantitative estimate of drug-likeness (QED) is 0.134. The molecular formula is C37H53N3O8. The lowest BCUT2D eigenvalue weighted by Gasteiger charge is -2.27. The molecule has 1 aliphatic rings. The number of aromatic hydroxyl groups is 2. The molecule has 48 heavy (non-hydrogen) atoms. The third-order valence-corrected chi connectivity index (χ3v) is 8.82. The van der Waals surface area contributed by atoms with E-state index in [1.165, 1.54) is 5.56 Å². The van der Waals surface area contributed by atoms with E-state index in [9.17, 15) is 30.6 Å². The van der Waals surface area contributed by atoms with E-state index in [0.717, 1.165) is 68.1 Å². The van der Waals surface area contributed by atoms with Crippen molar-refractivity contribution in [2.75, 3.05) is 65.7 Å². The standard InChI is InChI=1S/C37H53N3O8/c1-27-14-30(36(45)32(16-27)25-47-34(21-41)22-42)19-39-10-8-38(18-29-6-4-3-5-7-29)9-11-40(13-12-39)20-31-15-28(2)17-33(37(31)46)26-48-35(23-43)24-44/h3-7,14-17,34-35,41-46H,8-13,18-26H2,1-2H3. The van der Waals surface area contributed by atoms with Gasteiger partial charge in [0.2, 0.25) is 0 Å². The summed E-state index contributed by atoms with van der Waals surface area (Å²) in [5.41, 5.74) is 6.04. The number of benzene rings is 3. The number of hydrogen-bond acceptors (Lipinski definition) is 11. The van der Waals surface area contributed by atoms with E-state index in [-0.39, 0.29) is 51.1 Å². The molecule has 0 bridgehead atoms. The monoisotopic (exact) mass is 667 g/mol. The van der Waals surface area contributed by atoms with Gasteiger partial charge in [0.15, 0.2) is 0 Å². The molecule has 3 aromatic carbocycles. The van der Waals surface area contributed by atoms with Crippen molar-refractivity contribution >= 4 is 0 Å². The Morgan fingerprint density at radius 1 is 0.542 bits per heavy atom. The van der Waals surface area contributed by atoms with Gasteiger partial charge in [0.25, 0.3) is 0 Å². The van der Waals surface area contributed by atoms with Crippen LogP contribution in [0.1, 0.15) is 38.9 Å². The first kappa shape index (κ1) is 37.7. The van der Waals surface area contributed by atoms with Gasteiger partial charge in [-0.1, -0.05) is 65.7 Å². The molecule has 3 aromatic rings. The van der Waals surface area contributed by atoms with Crippen LogP contribution in [0.25, 0.3) is 0 Å². The molecule has 11 nitrogen and oxygen atoms in total. The van der Waals surface area contributed by atoms with Crippen LogP contribution < -0.4 is 0 Å². The predicted molar refractivity (Wildman–Crippen MR) is 183 cm³/mol. The van der Waals surface area contributed by atoms with E-state index >= 15 is 0 Å². The first-order valence-electron chi connectivity index (χ1n) is 16.7. The molecule has 6 N–H and O–H groups in total. The minimum absolute atomic E-state index is 0.0819. The summed E-state index contributed by atoms with van der Waals surface area (Å²) in [4.78, 5) is 7.14. The Balaban J connectivity index is 1.54. The molecule has 1 heterocycles. The number of hydrogen-bond donors (Lipinski definition) is 6. The molecule has 0 saturated carbocycles. The van der Waals surface area contributed by atoms with Gasteiger partial charge in [-0.2, -0.15) is 0 Å². The summed E-state index contributed by atoms with van der Waals surface area (Å²) in [6, 6.07) is 18.1. The molecule has 0 amide bonds. The van der Waals surface area contributed by atoms with E-state index < -0.39 is 12.2 Å². The number of rotatable bonds is 16. The summed E-state index contributed by atoms with van der Waals surface area (Å²) in [5, 5.41) is 60.1. The average molecular weight is 668 g/mol. The Kier molecular flexibility index (Phi) is 15.1. The number of phenols is 2. The maximum atomic E-state index is 11.3. The van der Waals surface area contributed by atoms with Crippen LogP contribution in [-0.4, -0.2) is 123 Å². The zero-order chi connectivity index (χ0) is 34.5. The molecule has 1 fully saturated rings. The van der Waals surface area contributed by atoms with Crippen LogP contribution in [0.3, 0.4) is 0 Å². The van der Waals surface area contributed by atoms with Crippen molar-refractivity contribution in [2.24, 2.45) is 0 Å². The van der Waals surface area contributed by atoms with Crippen molar-refractivity contribution in [3.05, 3.63) is 93.5 Å². The summed E-state index contributed by atoms with van der Waals surface area (Å²) >= 11 is 0. The van der Waals surface area contributed by atoms with Crippen molar-refractivity contribution in [3.63, 3.8) is 0 Å². The number of nitrogens with zero attached hydrogens (tertiary/aromatic N) is 3. The molecule has 0 aromatic heterocycles. The van der Waals surface area contributed by atoms with Crippen LogP contribution in [0, 0.1) is 13.8 Å². The lowest BCUT2D eigenvalue weighted by molar-refractivity contribution is -0.0290. The highest BCUT2D eigenvalue weighted by Gasteiger charge is 2.21. The maximum absolute atomic E-state index is 11.3. The van der Waals surface area contributed by atoms with E-state index in [4.69, 9.17) is 9.47 Å². The van der Waals surface area contributed by atoms with Gasteiger partial charge in [0.05, 0.1) is 39.6 Å². The molecule has 4 rings (SSSR count). The Bertz CT molecular complexity index is 1320. The van der Waals surface area contributed by atoms with Gasteiger partial charge in [0, 0.05) is 81.2 Å². The highest BCUT2D eigenvalue weighted by atomic mass is 16.5. The van der Waals surface area contributed by atoms with Gasteiger partial charge in [-0.15, -0.1) is 0 Å². The normalized spacial score (nSPS) is 15.6. The summed E-state index contributed by atoms with van der Waals surface area (Å²) in [6.07, 6.45) is -1.41. The van der Waals surface area contributed by atoms with Crippen LogP contribution in [-0.2, 0) is 42.3 Å². The maximum Gasteiger partial charge on any atom is 0.125 e. The lowest BCUT2D eigenvalue weighted by Crippen LogP contribution is -2.35. The highest BCUT2D eigenvalue weighted by molar-refractivity contribution is 5.44. The third-order valence-electron chi connectivity index (χ3n) is 8.82. The fourth-order valence-electron chi connectivity index (χ4n) is 6.05. The number of ether oxygens (including phenoxy) is 2. The van der Waals surface area contributed by atoms with Crippen LogP contribution in [0.2, 0.25) is 0 Å². The van der Waals surface area contributed by atoms with Crippen LogP contribution in [0.4, 0.5) is 0 Å². The smallest absolute Gasteiger partial charge is 0.125 e. The molecule has 0 atom stereocenters. The van der Waals surface area contributed by atoms with Crippen LogP contribution in [0.15, 0.2) is 54.6 Å². The Hall–Kier alpha value is -3.10. The summed E-state index contributed by atoms with van der Waals surface area (Å²) in [6.45, 7) is 9.55. The SMILES string of the molecule is Cc1cc(COC(CO)CO)c(O)c(CN2CCN(Cc3ccccc3)CCN(Cc3cc(C)cc(COC(CO)CO)c3O)CC2)c1. The number of phenolic OH excluding ortho intramolecular Hbond substituents is 2. The highest BCUT2D eigenvalue weighted by Crippen LogP contribution is 2.29. The second kappa shape index (κ2) is 19.2. The number of aryl methyl sites for hydroxylation is 2. The molecule has 0 spiro atoms. The Morgan fingerprint density at radius 3 is 1.27 bits per heavy atom. The van der Waals surface area contributed by atoms with Crippen molar-refractivity contribution in [3.8, 4) is 11.5 Å². The molecule has 0 radical (unpaired) electrons. The Morgan fingerprint density at radius 2 is 0.896 bits per heavy atom. The van der Waals surface area contributed by atoms with Gasteiger partial charge in [-0.3, -0.25) is 14.7 Å². The minimum Gasteiger partial charge on any atom is -0.507 e. The minimum atomic E-state index is -0.706. The summed E-state index contributed by atoms with van der Waals surface area (Å²) in [5.74, 6) is 0.328. The zero-order valence-corrected chi connectivity index (χ0v) is 28.3. The summed E-state index contributed by atoms with van der Waals surface area (Å²) < 4.78 is 11.3. The second-order valence-corrected chi connectivity index (χ2v) is 12.8. The lowest BCUT2D eigenvalue weighted by atomic mass is 10.0. The first-order valence-corrected chi connectivity index (χ1v) is 16.7. The van der Waals surface area contributed by atoms with Crippen molar-refractivity contribution in [1.29, 1.82) is 0 Å². The average Bonchev–Trinajstić information content (AvgIpc) is 3.17. The van der Waals surface area contributed by atoms with Gasteiger partial charge < -0.3 is 40.1 Å². The fourth-order valence-corrected chi connectivity index (χ4v) is 6.05. The van der Waals surface area contributed by atoms with E-state index in [1.54, 1.807) is 0 Å². The molecule has 0 aliphatic carbocycles. The first-order chi connectivity index (χ1) is 23.2. The molecule has 264 valence electrons. The topological polar surface area (TPSA) is 150 Å². The van der Waals surface area contributed by atoms with Gasteiger partial charge in [-0.05, 0) is 19.4 Å². The van der Waals surface area contributed by atoms with Gasteiger partial charge >= 0.3 is 0 Å². The van der Waals surface area contributed by atoms with E-state index in [0.29, 0.717) is 24.2 Å². The van der Waals surface area contributed by atoms with Crippen molar-refractivity contribution in [1.82, 2.24) is 14.7 Å². The van der Waals surface area contributed by atoms with Gasteiger partial charge in [0.1, 0.15) is 23.7 Å². The molecule has 1 aliphatic heterocycles.